The van der Waals surface area contributed by atoms with Crippen LogP contribution in [0.4, 0.5) is 0 Å². The quantitative estimate of drug-likeness (QED) is 0.438. The van der Waals surface area contributed by atoms with E-state index in [1.54, 1.807) is 6.20 Å². The number of pyridine rings is 1. The fraction of sp³-hybridized carbons (Fsp3) is 0.185. The van der Waals surface area contributed by atoms with Gasteiger partial charge < -0.3 is 5.32 Å². The fourth-order valence-corrected chi connectivity index (χ4v) is 4.73. The Bertz CT molecular complexity index is 1510. The van der Waals surface area contributed by atoms with E-state index in [9.17, 15) is 5.26 Å². The summed E-state index contributed by atoms with van der Waals surface area (Å²) in [6.45, 7) is 1.99. The zero-order valence-electron chi connectivity index (χ0n) is 18.1. The van der Waals surface area contributed by atoms with Gasteiger partial charge in [-0.3, -0.25) is 0 Å². The second-order valence-electron chi connectivity index (χ2n) is 8.43. The minimum absolute atomic E-state index is 0.405. The average Bonchev–Trinajstić information content (AvgIpc) is 3.28. The van der Waals surface area contributed by atoms with Crippen LogP contribution in [0.1, 0.15) is 30.0 Å². The largest absolute Gasteiger partial charge is 0.317 e. The fourth-order valence-electron chi connectivity index (χ4n) is 4.73. The lowest BCUT2D eigenvalue weighted by molar-refractivity contribution is 0.447. The first kappa shape index (κ1) is 19.6. The van der Waals surface area contributed by atoms with Gasteiger partial charge in [-0.15, -0.1) is 0 Å². The molecule has 0 aliphatic carbocycles. The van der Waals surface area contributed by atoms with E-state index in [2.05, 4.69) is 34.6 Å². The highest BCUT2D eigenvalue weighted by atomic mass is 15.3. The molecule has 0 bridgehead atoms. The van der Waals surface area contributed by atoms with Crippen molar-refractivity contribution in [1.82, 2.24) is 24.9 Å². The summed E-state index contributed by atoms with van der Waals surface area (Å²) >= 11 is 0. The van der Waals surface area contributed by atoms with Crippen molar-refractivity contribution in [2.45, 2.75) is 18.8 Å². The van der Waals surface area contributed by atoms with Crippen LogP contribution in [0.25, 0.3) is 39.1 Å². The van der Waals surface area contributed by atoms with Gasteiger partial charge in [0, 0.05) is 34.3 Å². The highest BCUT2D eigenvalue weighted by Crippen LogP contribution is 2.31. The normalized spacial score (nSPS) is 14.5. The van der Waals surface area contributed by atoms with Gasteiger partial charge in [0.15, 0.2) is 5.65 Å². The molecule has 0 radical (unpaired) electrons. The predicted molar refractivity (Wildman–Crippen MR) is 129 cm³/mol. The van der Waals surface area contributed by atoms with E-state index in [0.29, 0.717) is 22.8 Å². The van der Waals surface area contributed by atoms with Crippen molar-refractivity contribution in [3.8, 4) is 28.6 Å². The lowest BCUT2D eigenvalue weighted by Gasteiger charge is -2.23. The van der Waals surface area contributed by atoms with Gasteiger partial charge in [0.2, 0.25) is 0 Å². The monoisotopic (exact) mass is 430 g/mol. The van der Waals surface area contributed by atoms with E-state index >= 15 is 0 Å². The Morgan fingerprint density at radius 1 is 0.939 bits per heavy atom. The van der Waals surface area contributed by atoms with Crippen molar-refractivity contribution in [2.24, 2.45) is 0 Å². The van der Waals surface area contributed by atoms with Crippen LogP contribution in [0.3, 0.4) is 0 Å². The first-order valence-electron chi connectivity index (χ1n) is 11.3. The summed E-state index contributed by atoms with van der Waals surface area (Å²) in [5.74, 6) is 0.405. The van der Waals surface area contributed by atoms with Crippen molar-refractivity contribution in [3.05, 3.63) is 84.2 Å². The van der Waals surface area contributed by atoms with Crippen LogP contribution in [-0.2, 0) is 0 Å². The molecule has 1 N–H and O–H groups in total. The molecular formula is C27H22N6. The minimum atomic E-state index is 0.405. The third-order valence-corrected chi connectivity index (χ3v) is 6.45. The third kappa shape index (κ3) is 3.43. The first-order chi connectivity index (χ1) is 16.3. The number of nitrogens with zero attached hydrogens (tertiary/aromatic N) is 5. The molecule has 2 aromatic carbocycles. The van der Waals surface area contributed by atoms with Crippen molar-refractivity contribution >= 4 is 16.6 Å². The molecule has 1 aliphatic heterocycles. The molecule has 0 unspecified atom stereocenters. The first-order valence-corrected chi connectivity index (χ1v) is 11.3. The molecule has 6 rings (SSSR count). The zero-order valence-corrected chi connectivity index (χ0v) is 18.1. The Kier molecular flexibility index (Phi) is 4.82. The summed E-state index contributed by atoms with van der Waals surface area (Å²) in [6.07, 6.45) is 3.91. The van der Waals surface area contributed by atoms with Crippen molar-refractivity contribution in [2.75, 3.05) is 13.1 Å². The van der Waals surface area contributed by atoms with Crippen LogP contribution in [0, 0.1) is 11.3 Å². The SMILES string of the molecule is N#Cc1c(-c2ccc3ccc(-c4ccccc4)nc3c2)nn2c(C3CCNCC3)ccnc12. The number of rotatable bonds is 3. The van der Waals surface area contributed by atoms with E-state index in [0.717, 1.165) is 59.3 Å². The Hall–Kier alpha value is -4.08. The molecule has 33 heavy (non-hydrogen) atoms. The van der Waals surface area contributed by atoms with Crippen molar-refractivity contribution < 1.29 is 0 Å². The molecule has 6 heteroatoms. The number of piperidine rings is 1. The van der Waals surface area contributed by atoms with E-state index < -0.39 is 0 Å². The summed E-state index contributed by atoms with van der Waals surface area (Å²) in [4.78, 5) is 9.41. The summed E-state index contributed by atoms with van der Waals surface area (Å²) in [7, 11) is 0. The standard InChI is InChI=1S/C27H22N6/c28-17-22-26(32-33-25(12-15-30-27(22)33)20-10-13-29-14-11-20)21-7-6-19-8-9-23(31-24(19)16-21)18-4-2-1-3-5-18/h1-9,12,15-16,20,29H,10-11,13-14H2. The van der Waals surface area contributed by atoms with Gasteiger partial charge in [-0.25, -0.2) is 14.5 Å². The highest BCUT2D eigenvalue weighted by molar-refractivity contribution is 5.87. The maximum absolute atomic E-state index is 10.0. The van der Waals surface area contributed by atoms with Gasteiger partial charge >= 0.3 is 0 Å². The molecule has 0 amide bonds. The molecule has 0 spiro atoms. The summed E-state index contributed by atoms with van der Waals surface area (Å²) < 4.78 is 1.88. The highest BCUT2D eigenvalue weighted by Gasteiger charge is 2.23. The van der Waals surface area contributed by atoms with Crippen LogP contribution in [0.15, 0.2) is 72.9 Å². The Morgan fingerprint density at radius 2 is 1.76 bits per heavy atom. The molecule has 3 aromatic heterocycles. The lowest BCUT2D eigenvalue weighted by atomic mass is 9.94. The Balaban J connectivity index is 1.49. The van der Waals surface area contributed by atoms with Crippen LogP contribution in [0.2, 0.25) is 0 Å². The van der Waals surface area contributed by atoms with E-state index in [1.807, 2.05) is 53.0 Å². The molecule has 5 aromatic rings. The number of nitriles is 1. The Labute approximate surface area is 191 Å². The summed E-state index contributed by atoms with van der Waals surface area (Å²) in [6, 6.07) is 24.7. The van der Waals surface area contributed by atoms with Gasteiger partial charge in [-0.1, -0.05) is 48.5 Å². The van der Waals surface area contributed by atoms with Crippen LogP contribution < -0.4 is 5.32 Å². The number of hydrogen-bond donors (Lipinski definition) is 1. The predicted octanol–water partition coefficient (Wildman–Crippen LogP) is 4.95. The second-order valence-corrected chi connectivity index (χ2v) is 8.43. The second kappa shape index (κ2) is 8.12. The topological polar surface area (TPSA) is 78.9 Å². The van der Waals surface area contributed by atoms with Crippen molar-refractivity contribution in [1.29, 1.82) is 5.26 Å². The molecule has 1 aliphatic rings. The minimum Gasteiger partial charge on any atom is -0.317 e. The van der Waals surface area contributed by atoms with Gasteiger partial charge in [0.05, 0.1) is 11.2 Å². The zero-order chi connectivity index (χ0) is 22.2. The van der Waals surface area contributed by atoms with Gasteiger partial charge in [0.1, 0.15) is 17.3 Å². The molecule has 0 saturated carbocycles. The van der Waals surface area contributed by atoms with Crippen LogP contribution >= 0.6 is 0 Å². The van der Waals surface area contributed by atoms with E-state index in [1.165, 1.54) is 0 Å². The molecule has 6 nitrogen and oxygen atoms in total. The van der Waals surface area contributed by atoms with E-state index in [4.69, 9.17) is 10.1 Å². The Morgan fingerprint density at radius 3 is 2.58 bits per heavy atom. The lowest BCUT2D eigenvalue weighted by Crippen LogP contribution is -2.27. The smallest absolute Gasteiger partial charge is 0.173 e. The number of nitrogens with one attached hydrogen (secondary N) is 1. The summed E-state index contributed by atoms with van der Waals surface area (Å²) in [5.41, 5.74) is 6.64. The molecular weight excluding hydrogens is 408 g/mol. The molecule has 4 heterocycles. The van der Waals surface area contributed by atoms with E-state index in [-0.39, 0.29) is 0 Å². The van der Waals surface area contributed by atoms with Crippen LogP contribution in [0.5, 0.6) is 0 Å². The number of hydrogen-bond acceptors (Lipinski definition) is 5. The molecule has 1 fully saturated rings. The number of aromatic nitrogens is 4. The molecule has 1 saturated heterocycles. The molecule has 160 valence electrons. The maximum Gasteiger partial charge on any atom is 0.173 e. The summed E-state index contributed by atoms with van der Waals surface area (Å²) in [5, 5.41) is 19.4. The van der Waals surface area contributed by atoms with Gasteiger partial charge in [-0.2, -0.15) is 10.4 Å². The molecule has 0 atom stereocenters. The average molecular weight is 431 g/mol. The van der Waals surface area contributed by atoms with Gasteiger partial charge in [0.25, 0.3) is 0 Å². The number of benzene rings is 2. The maximum atomic E-state index is 10.0. The third-order valence-electron chi connectivity index (χ3n) is 6.45. The van der Waals surface area contributed by atoms with Gasteiger partial charge in [-0.05, 0) is 44.1 Å². The van der Waals surface area contributed by atoms with Crippen molar-refractivity contribution in [3.63, 3.8) is 0 Å². The van der Waals surface area contributed by atoms with Crippen LogP contribution in [-0.4, -0.2) is 32.7 Å². The number of fused-ring (bicyclic) bond motifs is 2.